The lowest BCUT2D eigenvalue weighted by Gasteiger charge is -2.20. The van der Waals surface area contributed by atoms with Crippen LogP contribution in [0.5, 0.6) is 0 Å². The van der Waals surface area contributed by atoms with Gasteiger partial charge in [-0.25, -0.2) is 0 Å². The first-order valence-electron chi connectivity index (χ1n) is 7.06. The molecular formula is C17H19BrN2. The summed E-state index contributed by atoms with van der Waals surface area (Å²) in [6.45, 7) is 6.14. The fourth-order valence-electron chi connectivity index (χ4n) is 2.86. The minimum atomic E-state index is 0.547. The third-order valence-corrected chi connectivity index (χ3v) is 4.48. The van der Waals surface area contributed by atoms with E-state index < -0.39 is 0 Å². The lowest BCUT2D eigenvalue weighted by atomic mass is 10.2. The van der Waals surface area contributed by atoms with Gasteiger partial charge in [-0.1, -0.05) is 22.0 Å². The maximum absolute atomic E-state index is 3.94. The van der Waals surface area contributed by atoms with Crippen molar-refractivity contribution in [1.29, 1.82) is 0 Å². The van der Waals surface area contributed by atoms with Gasteiger partial charge in [-0.05, 0) is 55.3 Å². The van der Waals surface area contributed by atoms with Crippen LogP contribution in [0.2, 0.25) is 0 Å². The minimum absolute atomic E-state index is 0.547. The maximum atomic E-state index is 3.94. The van der Waals surface area contributed by atoms with Crippen LogP contribution in [0.3, 0.4) is 0 Å². The summed E-state index contributed by atoms with van der Waals surface area (Å²) in [5.41, 5.74) is 2.56. The Bertz CT molecular complexity index is 585. The first kappa shape index (κ1) is 13.7. The van der Waals surface area contributed by atoms with Gasteiger partial charge in [0.2, 0.25) is 0 Å². The second-order valence-electron chi connectivity index (χ2n) is 5.32. The van der Waals surface area contributed by atoms with Gasteiger partial charge in [-0.3, -0.25) is 4.90 Å². The molecule has 0 radical (unpaired) electrons. The van der Waals surface area contributed by atoms with E-state index in [1.807, 2.05) is 0 Å². The lowest BCUT2D eigenvalue weighted by molar-refractivity contribution is 0.282. The fraction of sp³-hybridized carbons (Fsp3) is 0.294. The van der Waals surface area contributed by atoms with E-state index in [-0.39, 0.29) is 0 Å². The molecule has 1 aliphatic rings. The average molecular weight is 331 g/mol. The Balaban J connectivity index is 1.73. The molecule has 0 bridgehead atoms. The molecule has 1 aromatic heterocycles. The van der Waals surface area contributed by atoms with Gasteiger partial charge in [0.05, 0.1) is 0 Å². The van der Waals surface area contributed by atoms with Gasteiger partial charge in [0, 0.05) is 35.1 Å². The quantitative estimate of drug-likeness (QED) is 0.755. The summed E-state index contributed by atoms with van der Waals surface area (Å²) in [7, 11) is 0. The molecule has 1 aromatic carbocycles. The maximum Gasteiger partial charge on any atom is 0.0450 e. The van der Waals surface area contributed by atoms with Crippen molar-refractivity contribution in [2.75, 3.05) is 6.54 Å². The van der Waals surface area contributed by atoms with Gasteiger partial charge in [-0.15, -0.1) is 6.58 Å². The fourth-order valence-corrected chi connectivity index (χ4v) is 3.12. The van der Waals surface area contributed by atoms with E-state index in [0.717, 1.165) is 11.0 Å². The summed E-state index contributed by atoms with van der Waals surface area (Å²) in [4.78, 5) is 2.51. The first-order chi connectivity index (χ1) is 9.76. The highest BCUT2D eigenvalue weighted by atomic mass is 79.9. The molecule has 0 saturated carbocycles. The zero-order valence-electron chi connectivity index (χ0n) is 11.5. The molecule has 1 saturated heterocycles. The Kier molecular flexibility index (Phi) is 4.08. The predicted octanol–water partition coefficient (Wildman–Crippen LogP) is 4.39. The van der Waals surface area contributed by atoms with Crippen LogP contribution in [-0.2, 0) is 6.54 Å². The third kappa shape index (κ3) is 2.89. The van der Waals surface area contributed by atoms with Crippen molar-refractivity contribution < 1.29 is 0 Å². The van der Waals surface area contributed by atoms with E-state index in [9.17, 15) is 0 Å². The number of likely N-dealkylation sites (tertiary alicyclic amines) is 1. The van der Waals surface area contributed by atoms with Crippen molar-refractivity contribution in [2.24, 2.45) is 0 Å². The Morgan fingerprint density at radius 1 is 1.25 bits per heavy atom. The number of nitrogens with zero attached hydrogens (tertiary/aromatic N) is 2. The van der Waals surface area contributed by atoms with Crippen LogP contribution in [0, 0.1) is 0 Å². The second kappa shape index (κ2) is 5.98. The highest BCUT2D eigenvalue weighted by molar-refractivity contribution is 9.10. The zero-order valence-corrected chi connectivity index (χ0v) is 13.1. The monoisotopic (exact) mass is 330 g/mol. The molecule has 2 nitrogen and oxygen atoms in total. The Morgan fingerprint density at radius 2 is 2.05 bits per heavy atom. The molecule has 0 aliphatic carbocycles. The molecule has 2 aromatic rings. The Labute approximate surface area is 128 Å². The number of halogens is 1. The van der Waals surface area contributed by atoms with Gasteiger partial charge < -0.3 is 4.57 Å². The number of hydrogen-bond donors (Lipinski definition) is 0. The molecule has 104 valence electrons. The van der Waals surface area contributed by atoms with E-state index in [2.05, 4.69) is 80.8 Å². The van der Waals surface area contributed by atoms with Crippen LogP contribution in [0.25, 0.3) is 5.69 Å². The van der Waals surface area contributed by atoms with Crippen LogP contribution in [-0.4, -0.2) is 22.1 Å². The van der Waals surface area contributed by atoms with Crippen LogP contribution in [0.15, 0.2) is 59.9 Å². The summed E-state index contributed by atoms with van der Waals surface area (Å²) in [6.07, 6.45) is 8.97. The van der Waals surface area contributed by atoms with Crippen molar-refractivity contribution in [3.63, 3.8) is 0 Å². The summed E-state index contributed by atoms with van der Waals surface area (Å²) in [5.74, 6) is 0. The number of aromatic nitrogens is 1. The number of hydrogen-bond acceptors (Lipinski definition) is 1. The van der Waals surface area contributed by atoms with Crippen molar-refractivity contribution in [1.82, 2.24) is 9.47 Å². The number of benzene rings is 1. The highest BCUT2D eigenvalue weighted by Crippen LogP contribution is 2.22. The van der Waals surface area contributed by atoms with Gasteiger partial charge in [-0.2, -0.15) is 0 Å². The minimum Gasteiger partial charge on any atom is -0.324 e. The Morgan fingerprint density at radius 3 is 2.80 bits per heavy atom. The van der Waals surface area contributed by atoms with Crippen molar-refractivity contribution in [3.05, 3.63) is 65.4 Å². The van der Waals surface area contributed by atoms with E-state index in [4.69, 9.17) is 0 Å². The summed E-state index contributed by atoms with van der Waals surface area (Å²) in [5, 5.41) is 0. The topological polar surface area (TPSA) is 8.17 Å². The molecule has 3 heteroatoms. The molecule has 20 heavy (non-hydrogen) atoms. The molecule has 2 heterocycles. The SMILES string of the molecule is C=CC1CCCN1Cc1ccn(-c2ccc(Br)cc2)c1. The normalized spacial score (nSPS) is 19.4. The van der Waals surface area contributed by atoms with Crippen molar-refractivity contribution >= 4 is 15.9 Å². The molecule has 0 N–H and O–H groups in total. The smallest absolute Gasteiger partial charge is 0.0450 e. The molecule has 1 fully saturated rings. The van der Waals surface area contributed by atoms with E-state index in [0.29, 0.717) is 6.04 Å². The summed E-state index contributed by atoms with van der Waals surface area (Å²) < 4.78 is 3.29. The highest BCUT2D eigenvalue weighted by Gasteiger charge is 2.21. The van der Waals surface area contributed by atoms with Crippen LogP contribution in [0.4, 0.5) is 0 Å². The molecule has 1 atom stereocenters. The van der Waals surface area contributed by atoms with Crippen LogP contribution >= 0.6 is 15.9 Å². The standard InChI is InChI=1S/C17H19BrN2/c1-2-16-4-3-10-19(16)12-14-9-11-20(13-14)17-7-5-15(18)6-8-17/h2,5-9,11,13,16H,1,3-4,10,12H2. The molecule has 0 spiro atoms. The molecular weight excluding hydrogens is 312 g/mol. The third-order valence-electron chi connectivity index (χ3n) is 3.95. The van der Waals surface area contributed by atoms with Crippen molar-refractivity contribution in [3.8, 4) is 5.69 Å². The molecule has 3 rings (SSSR count). The second-order valence-corrected chi connectivity index (χ2v) is 6.23. The number of rotatable bonds is 4. The van der Waals surface area contributed by atoms with E-state index >= 15 is 0 Å². The first-order valence-corrected chi connectivity index (χ1v) is 7.85. The molecule has 0 amide bonds. The lowest BCUT2D eigenvalue weighted by Crippen LogP contribution is -2.26. The van der Waals surface area contributed by atoms with Gasteiger partial charge in [0.25, 0.3) is 0 Å². The van der Waals surface area contributed by atoms with E-state index in [1.54, 1.807) is 0 Å². The molecule has 1 unspecified atom stereocenters. The van der Waals surface area contributed by atoms with Gasteiger partial charge >= 0.3 is 0 Å². The zero-order chi connectivity index (χ0) is 13.9. The van der Waals surface area contributed by atoms with E-state index in [1.165, 1.54) is 30.6 Å². The Hall–Kier alpha value is -1.32. The van der Waals surface area contributed by atoms with Crippen LogP contribution in [0.1, 0.15) is 18.4 Å². The average Bonchev–Trinajstić information content (AvgIpc) is 3.09. The van der Waals surface area contributed by atoms with Gasteiger partial charge in [0.1, 0.15) is 0 Å². The van der Waals surface area contributed by atoms with Crippen molar-refractivity contribution in [2.45, 2.75) is 25.4 Å². The molecule has 1 aliphatic heterocycles. The van der Waals surface area contributed by atoms with Gasteiger partial charge in [0.15, 0.2) is 0 Å². The summed E-state index contributed by atoms with van der Waals surface area (Å²) >= 11 is 3.47. The summed E-state index contributed by atoms with van der Waals surface area (Å²) in [6, 6.07) is 11.1. The van der Waals surface area contributed by atoms with Crippen LogP contribution < -0.4 is 0 Å². The predicted molar refractivity (Wildman–Crippen MR) is 87.1 cm³/mol. The largest absolute Gasteiger partial charge is 0.324 e.